The van der Waals surface area contributed by atoms with Crippen molar-refractivity contribution in [2.24, 2.45) is 5.84 Å². The molecule has 1 aliphatic rings. The largest absolute Gasteiger partial charge is 0.338 e. The molecule has 2 N–H and O–H groups in total. The Kier molecular flexibility index (Phi) is 4.19. The summed E-state index contributed by atoms with van der Waals surface area (Å²) in [4.78, 5) is 13.0. The average molecular weight is 285 g/mol. The number of hydrazine groups is 1. The van der Waals surface area contributed by atoms with Gasteiger partial charge in [0.15, 0.2) is 0 Å². The summed E-state index contributed by atoms with van der Waals surface area (Å²) in [5.41, 5.74) is 0. The van der Waals surface area contributed by atoms with Crippen LogP contribution in [0.2, 0.25) is 0 Å². The maximum absolute atomic E-state index is 11.2. The minimum atomic E-state index is 0.0394. The van der Waals surface area contributed by atoms with Gasteiger partial charge in [-0.3, -0.25) is 10.6 Å². The minimum absolute atomic E-state index is 0.0394. The van der Waals surface area contributed by atoms with E-state index in [-0.39, 0.29) is 12.5 Å². The number of carbonyl (C=O) groups excluding carboxylic acids is 1. The molecule has 5 nitrogen and oxygen atoms in total. The first-order chi connectivity index (χ1) is 5.74. The molecule has 1 aliphatic heterocycles. The highest BCUT2D eigenvalue weighted by Crippen LogP contribution is 1.99. The van der Waals surface area contributed by atoms with Crippen molar-refractivity contribution < 1.29 is 7.86 Å². The van der Waals surface area contributed by atoms with Crippen LogP contribution in [0.4, 0.5) is 0 Å². The molecule has 0 radical (unpaired) electrons. The van der Waals surface area contributed by atoms with E-state index < -0.39 is 0 Å². The number of piperazine rings is 1. The number of halogens is 1. The lowest BCUT2D eigenvalue weighted by Gasteiger charge is -2.31. The van der Waals surface area contributed by atoms with E-state index in [1.165, 1.54) is 0 Å². The van der Waals surface area contributed by atoms with Gasteiger partial charge in [0.25, 0.3) is 0 Å². The van der Waals surface area contributed by atoms with Crippen molar-refractivity contribution in [3.63, 3.8) is 0 Å². The second kappa shape index (κ2) is 4.95. The highest BCUT2D eigenvalue weighted by molar-refractivity contribution is 14.1. The molecular formula is C6H12IN3O2. The lowest BCUT2D eigenvalue weighted by atomic mass is 10.3. The van der Waals surface area contributed by atoms with E-state index in [2.05, 4.69) is 0 Å². The van der Waals surface area contributed by atoms with Crippen LogP contribution in [0.15, 0.2) is 0 Å². The van der Waals surface area contributed by atoms with Crippen LogP contribution in [0.5, 0.6) is 0 Å². The molecule has 1 saturated heterocycles. The molecular weight excluding hydrogens is 273 g/mol. The van der Waals surface area contributed by atoms with Gasteiger partial charge in [-0.25, -0.2) is 5.01 Å². The first-order valence-electron chi connectivity index (χ1n) is 3.75. The Labute approximate surface area is 85.5 Å². The van der Waals surface area contributed by atoms with Crippen molar-refractivity contribution >= 4 is 28.9 Å². The SMILES string of the molecule is NN1CCN(C(=O)COI)CC1. The topological polar surface area (TPSA) is 58.8 Å². The van der Waals surface area contributed by atoms with Crippen LogP contribution in [0, 0.1) is 0 Å². The lowest BCUT2D eigenvalue weighted by molar-refractivity contribution is -0.134. The highest BCUT2D eigenvalue weighted by atomic mass is 127. The van der Waals surface area contributed by atoms with Gasteiger partial charge < -0.3 is 7.97 Å². The number of hydrogen-bond donors (Lipinski definition) is 1. The van der Waals surface area contributed by atoms with E-state index >= 15 is 0 Å². The van der Waals surface area contributed by atoms with Crippen molar-refractivity contribution in [3.8, 4) is 0 Å². The van der Waals surface area contributed by atoms with E-state index in [1.807, 2.05) is 0 Å². The van der Waals surface area contributed by atoms with Gasteiger partial charge in [0.05, 0.1) is 0 Å². The van der Waals surface area contributed by atoms with Gasteiger partial charge in [-0.2, -0.15) is 0 Å². The van der Waals surface area contributed by atoms with Crippen LogP contribution in [0.3, 0.4) is 0 Å². The maximum Gasteiger partial charge on any atom is 0.249 e. The van der Waals surface area contributed by atoms with Crippen LogP contribution < -0.4 is 5.84 Å². The smallest absolute Gasteiger partial charge is 0.249 e. The maximum atomic E-state index is 11.2. The molecule has 0 spiro atoms. The number of rotatable bonds is 2. The molecule has 1 rings (SSSR count). The first-order valence-corrected chi connectivity index (χ1v) is 4.63. The second-order valence-corrected chi connectivity index (χ2v) is 3.29. The summed E-state index contributed by atoms with van der Waals surface area (Å²) < 4.78 is 4.72. The first kappa shape index (κ1) is 10.2. The number of nitrogens with two attached hydrogens (primary N) is 1. The Morgan fingerprint density at radius 2 is 2.00 bits per heavy atom. The molecule has 0 aliphatic carbocycles. The van der Waals surface area contributed by atoms with Gasteiger partial charge in [-0.05, 0) is 0 Å². The minimum Gasteiger partial charge on any atom is -0.338 e. The molecule has 0 atom stereocenters. The lowest BCUT2D eigenvalue weighted by Crippen LogP contribution is -2.51. The monoisotopic (exact) mass is 285 g/mol. The Morgan fingerprint density at radius 3 is 2.50 bits per heavy atom. The summed E-state index contributed by atoms with van der Waals surface area (Å²) in [6.07, 6.45) is 0. The molecule has 0 unspecified atom stereocenters. The molecule has 12 heavy (non-hydrogen) atoms. The number of nitrogens with zero attached hydrogens (tertiary/aromatic N) is 2. The fourth-order valence-electron chi connectivity index (χ4n) is 1.11. The fourth-order valence-corrected chi connectivity index (χ4v) is 1.38. The molecule has 1 amide bonds. The second-order valence-electron chi connectivity index (χ2n) is 2.67. The fraction of sp³-hybridized carbons (Fsp3) is 0.833. The van der Waals surface area contributed by atoms with E-state index in [1.54, 1.807) is 32.9 Å². The van der Waals surface area contributed by atoms with Gasteiger partial charge in [0, 0.05) is 26.2 Å². The predicted octanol–water partition coefficient (Wildman–Crippen LogP) is -0.629. The van der Waals surface area contributed by atoms with E-state index in [4.69, 9.17) is 8.91 Å². The zero-order valence-electron chi connectivity index (χ0n) is 6.70. The predicted molar refractivity (Wildman–Crippen MR) is 52.3 cm³/mol. The van der Waals surface area contributed by atoms with Crippen molar-refractivity contribution in [2.75, 3.05) is 32.8 Å². The molecule has 0 bridgehead atoms. The Balaban J connectivity index is 2.29. The molecule has 0 aromatic rings. The highest BCUT2D eigenvalue weighted by Gasteiger charge is 2.18. The van der Waals surface area contributed by atoms with Gasteiger partial charge in [-0.15, -0.1) is 0 Å². The van der Waals surface area contributed by atoms with Crippen molar-refractivity contribution in [3.05, 3.63) is 0 Å². The summed E-state index contributed by atoms with van der Waals surface area (Å²) in [5, 5.41) is 1.72. The van der Waals surface area contributed by atoms with Crippen molar-refractivity contribution in [1.29, 1.82) is 0 Å². The van der Waals surface area contributed by atoms with E-state index in [9.17, 15) is 4.79 Å². The third-order valence-electron chi connectivity index (χ3n) is 1.84. The number of carbonyl (C=O) groups is 1. The molecule has 70 valence electrons. The Morgan fingerprint density at radius 1 is 1.42 bits per heavy atom. The van der Waals surface area contributed by atoms with Gasteiger partial charge in [0.2, 0.25) is 5.91 Å². The van der Waals surface area contributed by atoms with Crippen LogP contribution in [0.25, 0.3) is 0 Å². The standard InChI is InChI=1S/C6H12IN3O2/c7-12-5-6(11)9-1-3-10(8)4-2-9/h1-5,8H2. The van der Waals surface area contributed by atoms with Crippen LogP contribution in [-0.2, 0) is 7.86 Å². The van der Waals surface area contributed by atoms with Crippen LogP contribution in [0.1, 0.15) is 0 Å². The van der Waals surface area contributed by atoms with Gasteiger partial charge in [-0.1, -0.05) is 0 Å². The summed E-state index contributed by atoms with van der Waals surface area (Å²) in [6, 6.07) is 0. The number of hydrogen-bond acceptors (Lipinski definition) is 4. The van der Waals surface area contributed by atoms with E-state index in [0.717, 1.165) is 13.1 Å². The number of amides is 1. The summed E-state index contributed by atoms with van der Waals surface area (Å²) in [5.74, 6) is 5.57. The zero-order valence-corrected chi connectivity index (χ0v) is 8.86. The Bertz CT molecular complexity index is 159. The van der Waals surface area contributed by atoms with E-state index in [0.29, 0.717) is 13.1 Å². The van der Waals surface area contributed by atoms with Crippen molar-refractivity contribution in [1.82, 2.24) is 9.91 Å². The summed E-state index contributed by atoms with van der Waals surface area (Å²) in [6.45, 7) is 3.05. The molecule has 0 saturated carbocycles. The summed E-state index contributed by atoms with van der Waals surface area (Å²) >= 11 is 1.72. The molecule has 6 heteroatoms. The molecule has 1 fully saturated rings. The third-order valence-corrected chi connectivity index (χ3v) is 2.16. The Hall–Kier alpha value is 0.0800. The van der Waals surface area contributed by atoms with Crippen LogP contribution in [-0.4, -0.2) is 48.6 Å². The quantitative estimate of drug-likeness (QED) is 0.542. The van der Waals surface area contributed by atoms with Crippen LogP contribution >= 0.6 is 23.0 Å². The zero-order chi connectivity index (χ0) is 8.97. The van der Waals surface area contributed by atoms with Gasteiger partial charge >= 0.3 is 0 Å². The normalized spacial score (nSPS) is 19.7. The van der Waals surface area contributed by atoms with Gasteiger partial charge in [0.1, 0.15) is 29.6 Å². The molecule has 0 aromatic heterocycles. The van der Waals surface area contributed by atoms with Crippen molar-refractivity contribution in [2.45, 2.75) is 0 Å². The summed E-state index contributed by atoms with van der Waals surface area (Å²) in [7, 11) is 0. The average Bonchev–Trinajstić information content (AvgIpc) is 2.06. The third kappa shape index (κ3) is 2.85. The molecule has 1 heterocycles. The molecule has 0 aromatic carbocycles.